The number of anilines is 1. The van der Waals surface area contributed by atoms with Crippen LogP contribution >= 0.6 is 0 Å². The minimum absolute atomic E-state index is 0.00157. The molecular weight excluding hydrogens is 202 g/mol. The third kappa shape index (κ3) is 1.80. The van der Waals surface area contributed by atoms with Gasteiger partial charge in [-0.3, -0.25) is 4.68 Å². The molecule has 86 valence electrons. The lowest BCUT2D eigenvalue weighted by Gasteiger charge is -2.13. The van der Waals surface area contributed by atoms with Crippen molar-refractivity contribution in [3.8, 4) is 5.69 Å². The van der Waals surface area contributed by atoms with Gasteiger partial charge in [-0.15, -0.1) is 0 Å². The lowest BCUT2D eigenvalue weighted by atomic mass is 9.92. The van der Waals surface area contributed by atoms with Gasteiger partial charge in [0.05, 0.1) is 18.1 Å². The fourth-order valence-corrected chi connectivity index (χ4v) is 1.49. The molecule has 2 aromatic heterocycles. The van der Waals surface area contributed by atoms with E-state index in [2.05, 4.69) is 31.0 Å². The summed E-state index contributed by atoms with van der Waals surface area (Å²) in [5.41, 5.74) is 7.81. The van der Waals surface area contributed by atoms with Crippen LogP contribution in [0, 0.1) is 0 Å². The molecule has 5 nitrogen and oxygen atoms in total. The van der Waals surface area contributed by atoms with Crippen molar-refractivity contribution in [3.63, 3.8) is 0 Å². The van der Waals surface area contributed by atoms with Crippen LogP contribution in [0.15, 0.2) is 18.5 Å². The first-order valence-electron chi connectivity index (χ1n) is 5.23. The lowest BCUT2D eigenvalue weighted by Crippen LogP contribution is -2.12. The minimum atomic E-state index is 0.00157. The smallest absolute Gasteiger partial charge is 0.127 e. The molecule has 0 spiro atoms. The Balaban J connectivity index is 2.47. The van der Waals surface area contributed by atoms with Crippen molar-refractivity contribution in [3.05, 3.63) is 24.2 Å². The lowest BCUT2D eigenvalue weighted by molar-refractivity contribution is 0.560. The topological polar surface area (TPSA) is 61.7 Å². The van der Waals surface area contributed by atoms with Crippen molar-refractivity contribution in [2.45, 2.75) is 26.2 Å². The van der Waals surface area contributed by atoms with Gasteiger partial charge in [-0.2, -0.15) is 10.2 Å². The Kier molecular flexibility index (Phi) is 2.26. The Morgan fingerprint density at radius 1 is 1.31 bits per heavy atom. The summed E-state index contributed by atoms with van der Waals surface area (Å²) in [5, 5.41) is 8.61. The number of nitrogens with zero attached hydrogens (tertiary/aromatic N) is 4. The maximum absolute atomic E-state index is 5.94. The Bertz CT molecular complexity index is 501. The van der Waals surface area contributed by atoms with Gasteiger partial charge >= 0.3 is 0 Å². The number of nitrogen functional groups attached to an aromatic ring is 1. The van der Waals surface area contributed by atoms with E-state index < -0.39 is 0 Å². The number of hydrogen-bond donors (Lipinski definition) is 1. The highest BCUT2D eigenvalue weighted by molar-refractivity contribution is 5.42. The zero-order valence-corrected chi connectivity index (χ0v) is 10.1. The predicted octanol–water partition coefficient (Wildman–Crippen LogP) is 1.49. The summed E-state index contributed by atoms with van der Waals surface area (Å²) in [6.45, 7) is 6.34. The molecule has 0 radical (unpaired) electrons. The molecule has 0 unspecified atom stereocenters. The van der Waals surface area contributed by atoms with Crippen LogP contribution in [0.4, 0.5) is 5.82 Å². The van der Waals surface area contributed by atoms with Gasteiger partial charge in [0.2, 0.25) is 0 Å². The molecule has 0 aliphatic heterocycles. The quantitative estimate of drug-likeness (QED) is 0.790. The first-order valence-corrected chi connectivity index (χ1v) is 5.23. The third-order valence-electron chi connectivity index (χ3n) is 2.44. The van der Waals surface area contributed by atoms with Gasteiger partial charge in [-0.05, 0) is 0 Å². The molecule has 0 saturated carbocycles. The predicted molar refractivity (Wildman–Crippen MR) is 63.4 cm³/mol. The molecule has 2 aromatic rings. The average molecular weight is 219 g/mol. The molecule has 0 bridgehead atoms. The maximum Gasteiger partial charge on any atom is 0.127 e. The summed E-state index contributed by atoms with van der Waals surface area (Å²) >= 11 is 0. The number of rotatable bonds is 1. The molecule has 5 heteroatoms. The molecule has 0 saturated heterocycles. The average Bonchev–Trinajstić information content (AvgIpc) is 2.70. The first-order chi connectivity index (χ1) is 7.38. The summed E-state index contributed by atoms with van der Waals surface area (Å²) in [5.74, 6) is 0.637. The zero-order chi connectivity index (χ0) is 11.9. The second-order valence-corrected chi connectivity index (χ2v) is 4.99. The van der Waals surface area contributed by atoms with E-state index in [0.717, 1.165) is 11.4 Å². The van der Waals surface area contributed by atoms with E-state index in [1.54, 1.807) is 15.6 Å². The van der Waals surface area contributed by atoms with Crippen LogP contribution in [0.2, 0.25) is 0 Å². The Morgan fingerprint density at radius 2 is 2.00 bits per heavy atom. The van der Waals surface area contributed by atoms with E-state index in [1.165, 1.54) is 0 Å². The zero-order valence-electron chi connectivity index (χ0n) is 10.1. The van der Waals surface area contributed by atoms with Gasteiger partial charge in [-0.25, -0.2) is 4.68 Å². The summed E-state index contributed by atoms with van der Waals surface area (Å²) < 4.78 is 3.45. The van der Waals surface area contributed by atoms with E-state index in [1.807, 2.05) is 19.3 Å². The molecule has 0 aliphatic carbocycles. The second kappa shape index (κ2) is 3.37. The molecule has 16 heavy (non-hydrogen) atoms. The Labute approximate surface area is 94.9 Å². The minimum Gasteiger partial charge on any atom is -0.384 e. The van der Waals surface area contributed by atoms with Gasteiger partial charge in [0.1, 0.15) is 11.5 Å². The van der Waals surface area contributed by atoms with E-state index >= 15 is 0 Å². The number of aryl methyl sites for hydroxylation is 1. The van der Waals surface area contributed by atoms with Gasteiger partial charge in [0, 0.05) is 18.5 Å². The highest BCUT2D eigenvalue weighted by atomic mass is 15.4. The van der Waals surface area contributed by atoms with Crippen molar-refractivity contribution >= 4 is 5.82 Å². The molecule has 0 aliphatic rings. The van der Waals surface area contributed by atoms with Gasteiger partial charge in [-0.1, -0.05) is 20.8 Å². The molecule has 0 amide bonds. The van der Waals surface area contributed by atoms with Crippen LogP contribution in [-0.4, -0.2) is 19.6 Å². The monoisotopic (exact) mass is 219 g/mol. The standard InChI is InChI=1S/C11H17N5/c1-11(2,3)9-5-10(12)16(14-9)8-6-13-15(4)7-8/h5-7H,12H2,1-4H3. The molecular formula is C11H17N5. The molecule has 0 atom stereocenters. The summed E-state index contributed by atoms with van der Waals surface area (Å²) in [7, 11) is 1.87. The summed E-state index contributed by atoms with van der Waals surface area (Å²) in [6.07, 6.45) is 3.63. The van der Waals surface area contributed by atoms with E-state index in [9.17, 15) is 0 Å². The van der Waals surface area contributed by atoms with Crippen LogP contribution in [0.25, 0.3) is 5.69 Å². The van der Waals surface area contributed by atoms with E-state index in [4.69, 9.17) is 5.73 Å². The van der Waals surface area contributed by atoms with E-state index in [0.29, 0.717) is 5.82 Å². The van der Waals surface area contributed by atoms with Crippen molar-refractivity contribution in [1.29, 1.82) is 0 Å². The number of hydrogen-bond acceptors (Lipinski definition) is 3. The highest BCUT2D eigenvalue weighted by Crippen LogP contribution is 2.24. The summed E-state index contributed by atoms with van der Waals surface area (Å²) in [6, 6.07) is 1.91. The SMILES string of the molecule is Cn1cc(-n2nc(C(C)(C)C)cc2N)cn1. The van der Waals surface area contributed by atoms with Crippen LogP contribution in [0.1, 0.15) is 26.5 Å². The van der Waals surface area contributed by atoms with Crippen LogP contribution in [0.3, 0.4) is 0 Å². The molecule has 0 fully saturated rings. The largest absolute Gasteiger partial charge is 0.384 e. The van der Waals surface area contributed by atoms with Crippen molar-refractivity contribution in [1.82, 2.24) is 19.6 Å². The van der Waals surface area contributed by atoms with Gasteiger partial charge < -0.3 is 5.73 Å². The second-order valence-electron chi connectivity index (χ2n) is 4.99. The van der Waals surface area contributed by atoms with E-state index in [-0.39, 0.29) is 5.41 Å². The Morgan fingerprint density at radius 3 is 2.44 bits per heavy atom. The van der Waals surface area contributed by atoms with Crippen molar-refractivity contribution in [2.24, 2.45) is 7.05 Å². The maximum atomic E-state index is 5.94. The normalized spacial score (nSPS) is 12.0. The number of nitrogens with two attached hydrogens (primary N) is 1. The van der Waals surface area contributed by atoms with Gasteiger partial charge in [0.15, 0.2) is 0 Å². The highest BCUT2D eigenvalue weighted by Gasteiger charge is 2.19. The van der Waals surface area contributed by atoms with Crippen molar-refractivity contribution in [2.75, 3.05) is 5.73 Å². The first kappa shape index (κ1) is 10.7. The summed E-state index contributed by atoms with van der Waals surface area (Å²) in [4.78, 5) is 0. The Hall–Kier alpha value is -1.78. The van der Waals surface area contributed by atoms with Crippen LogP contribution in [0.5, 0.6) is 0 Å². The van der Waals surface area contributed by atoms with Gasteiger partial charge in [0.25, 0.3) is 0 Å². The fraction of sp³-hybridized carbons (Fsp3) is 0.455. The van der Waals surface area contributed by atoms with Crippen LogP contribution < -0.4 is 5.73 Å². The third-order valence-corrected chi connectivity index (χ3v) is 2.44. The molecule has 0 aromatic carbocycles. The molecule has 2 N–H and O–H groups in total. The fourth-order valence-electron chi connectivity index (χ4n) is 1.49. The molecule has 2 heterocycles. The van der Waals surface area contributed by atoms with Crippen molar-refractivity contribution < 1.29 is 0 Å². The molecule has 2 rings (SSSR count). The number of aromatic nitrogens is 4. The van der Waals surface area contributed by atoms with Crippen LogP contribution in [-0.2, 0) is 12.5 Å².